The average Bonchev–Trinajstić information content (AvgIpc) is 2.59. The number of hydrogen-bond donors (Lipinski definition) is 2. The Morgan fingerprint density at radius 3 is 2.46 bits per heavy atom. The van der Waals surface area contributed by atoms with Crippen molar-refractivity contribution in [3.63, 3.8) is 0 Å². The lowest BCUT2D eigenvalue weighted by Gasteiger charge is -2.14. The molecule has 1 unspecified atom stereocenters. The van der Waals surface area contributed by atoms with Crippen molar-refractivity contribution < 1.29 is 22.7 Å². The van der Waals surface area contributed by atoms with Crippen molar-refractivity contribution in [2.45, 2.75) is 24.5 Å². The van der Waals surface area contributed by atoms with Crippen LogP contribution in [0.1, 0.15) is 22.8 Å². The molecule has 9 heteroatoms. The smallest absolute Gasteiger partial charge is 0.340 e. The summed E-state index contributed by atoms with van der Waals surface area (Å²) in [6.07, 6.45) is -1.06. The molecule has 0 aromatic heterocycles. The van der Waals surface area contributed by atoms with Crippen LogP contribution in [0.25, 0.3) is 0 Å². The summed E-state index contributed by atoms with van der Waals surface area (Å²) in [6.45, 7) is 1.72. The van der Waals surface area contributed by atoms with Gasteiger partial charge in [0, 0.05) is 11.0 Å². The first kappa shape index (κ1) is 20.1. The zero-order valence-corrected chi connectivity index (χ0v) is 16.2. The lowest BCUT2D eigenvalue weighted by atomic mass is 10.2. The van der Waals surface area contributed by atoms with Gasteiger partial charge in [-0.15, -0.1) is 0 Å². The molecule has 1 amide bonds. The zero-order valence-electron chi connectivity index (χ0n) is 13.8. The van der Waals surface area contributed by atoms with Crippen LogP contribution in [0.4, 0.5) is 0 Å². The fourth-order valence-electron chi connectivity index (χ4n) is 2.04. The number of carbonyl (C=O) groups excluding carboxylic acids is 2. The van der Waals surface area contributed by atoms with Gasteiger partial charge in [0.25, 0.3) is 5.91 Å². The molecule has 0 saturated heterocycles. The van der Waals surface area contributed by atoms with Gasteiger partial charge in [0.2, 0.25) is 10.0 Å². The predicted molar refractivity (Wildman–Crippen MR) is 98.7 cm³/mol. The minimum absolute atomic E-state index is 0.0424. The van der Waals surface area contributed by atoms with Gasteiger partial charge in [-0.3, -0.25) is 4.79 Å². The quantitative estimate of drug-likeness (QED) is 0.665. The van der Waals surface area contributed by atoms with Gasteiger partial charge in [-0.25, -0.2) is 18.4 Å². The second-order valence-corrected chi connectivity index (χ2v) is 7.85. The van der Waals surface area contributed by atoms with Crippen LogP contribution in [0.5, 0.6) is 0 Å². The first-order chi connectivity index (χ1) is 12.2. The van der Waals surface area contributed by atoms with Gasteiger partial charge < -0.3 is 10.1 Å². The van der Waals surface area contributed by atoms with Crippen LogP contribution in [-0.2, 0) is 26.1 Å². The second-order valence-electron chi connectivity index (χ2n) is 5.44. The summed E-state index contributed by atoms with van der Waals surface area (Å²) in [6, 6.07) is 13.0. The Balaban J connectivity index is 2.03. The fourth-order valence-corrected chi connectivity index (χ4v) is 2.99. The monoisotopic (exact) mass is 440 g/mol. The van der Waals surface area contributed by atoms with E-state index in [2.05, 4.69) is 21.2 Å². The number of carbonyl (C=O) groups is 2. The third kappa shape index (κ3) is 5.38. The third-order valence-corrected chi connectivity index (χ3v) is 5.05. The number of sulfonamides is 1. The van der Waals surface area contributed by atoms with E-state index in [4.69, 9.17) is 9.88 Å². The van der Waals surface area contributed by atoms with Crippen molar-refractivity contribution in [3.05, 3.63) is 64.1 Å². The van der Waals surface area contributed by atoms with Crippen LogP contribution in [0.3, 0.4) is 0 Å². The first-order valence-electron chi connectivity index (χ1n) is 7.53. The SMILES string of the molecule is CC(OC(=O)c1cc(S(N)(=O)=O)ccc1Br)C(=O)NCc1ccccc1. The Kier molecular flexibility index (Phi) is 6.52. The summed E-state index contributed by atoms with van der Waals surface area (Å²) in [4.78, 5) is 24.1. The summed E-state index contributed by atoms with van der Waals surface area (Å²) in [5, 5.41) is 7.72. The van der Waals surface area contributed by atoms with E-state index in [0.717, 1.165) is 11.6 Å². The molecule has 0 fully saturated rings. The van der Waals surface area contributed by atoms with Crippen molar-refractivity contribution in [2.24, 2.45) is 5.14 Å². The standard InChI is InChI=1S/C17H17BrN2O5S/c1-11(16(21)20-10-12-5-3-2-4-6-12)25-17(22)14-9-13(26(19,23)24)7-8-15(14)18/h2-9,11H,10H2,1H3,(H,20,21)(H2,19,23,24). The van der Waals surface area contributed by atoms with Gasteiger partial charge in [-0.1, -0.05) is 30.3 Å². The van der Waals surface area contributed by atoms with Crippen LogP contribution in [-0.4, -0.2) is 26.4 Å². The normalized spacial score (nSPS) is 12.3. The number of hydrogen-bond acceptors (Lipinski definition) is 5. The maximum atomic E-state index is 12.3. The van der Waals surface area contributed by atoms with Crippen molar-refractivity contribution in [3.8, 4) is 0 Å². The number of nitrogens with one attached hydrogen (secondary N) is 1. The van der Waals surface area contributed by atoms with E-state index in [9.17, 15) is 18.0 Å². The zero-order chi connectivity index (χ0) is 19.3. The number of primary sulfonamides is 1. The van der Waals surface area contributed by atoms with Crippen molar-refractivity contribution in [2.75, 3.05) is 0 Å². The summed E-state index contributed by atoms with van der Waals surface area (Å²) in [5.41, 5.74) is 0.863. The van der Waals surface area contributed by atoms with E-state index in [1.165, 1.54) is 19.1 Å². The topological polar surface area (TPSA) is 116 Å². The Bertz CT molecular complexity index is 916. The molecule has 0 radical (unpaired) electrons. The van der Waals surface area contributed by atoms with Gasteiger partial charge in [0.1, 0.15) is 0 Å². The largest absolute Gasteiger partial charge is 0.449 e. The maximum Gasteiger partial charge on any atom is 0.340 e. The first-order valence-corrected chi connectivity index (χ1v) is 9.87. The molecule has 7 nitrogen and oxygen atoms in total. The predicted octanol–water partition coefficient (Wildman–Crippen LogP) is 1.96. The average molecular weight is 441 g/mol. The van der Waals surface area contributed by atoms with E-state index in [1.807, 2.05) is 30.3 Å². The van der Waals surface area contributed by atoms with Crippen LogP contribution >= 0.6 is 15.9 Å². The van der Waals surface area contributed by atoms with Crippen molar-refractivity contribution in [1.82, 2.24) is 5.32 Å². The van der Waals surface area contributed by atoms with Crippen molar-refractivity contribution >= 4 is 37.8 Å². The van der Waals surface area contributed by atoms with Gasteiger partial charge in [0.15, 0.2) is 6.10 Å². The highest BCUT2D eigenvalue weighted by atomic mass is 79.9. The molecule has 0 aliphatic heterocycles. The Morgan fingerprint density at radius 2 is 1.85 bits per heavy atom. The Hall–Kier alpha value is -2.23. The molecule has 2 aromatic carbocycles. The molecule has 2 rings (SSSR count). The molecule has 0 saturated carbocycles. The molecule has 0 heterocycles. The highest BCUT2D eigenvalue weighted by molar-refractivity contribution is 9.10. The molecule has 1 atom stereocenters. The van der Waals surface area contributed by atoms with E-state index in [-0.39, 0.29) is 10.5 Å². The second kappa shape index (κ2) is 8.43. The fraction of sp³-hybridized carbons (Fsp3) is 0.176. The highest BCUT2D eigenvalue weighted by Crippen LogP contribution is 2.21. The Labute approximate surface area is 159 Å². The molecule has 0 aliphatic rings. The van der Waals surface area contributed by atoms with E-state index in [1.54, 1.807) is 0 Å². The number of amides is 1. The minimum atomic E-state index is -3.97. The van der Waals surface area contributed by atoms with Crippen LogP contribution in [0, 0.1) is 0 Å². The van der Waals surface area contributed by atoms with Gasteiger partial charge >= 0.3 is 5.97 Å². The van der Waals surface area contributed by atoms with Gasteiger partial charge in [0.05, 0.1) is 10.5 Å². The number of benzene rings is 2. The molecular weight excluding hydrogens is 424 g/mol. The molecule has 26 heavy (non-hydrogen) atoms. The van der Waals surface area contributed by atoms with Crippen molar-refractivity contribution in [1.29, 1.82) is 0 Å². The molecule has 2 aromatic rings. The van der Waals surface area contributed by atoms with Gasteiger partial charge in [-0.05, 0) is 46.6 Å². The molecule has 0 bridgehead atoms. The summed E-state index contributed by atoms with van der Waals surface area (Å²) < 4.78 is 28.3. The highest BCUT2D eigenvalue weighted by Gasteiger charge is 2.22. The summed E-state index contributed by atoms with van der Waals surface area (Å²) >= 11 is 3.15. The summed E-state index contributed by atoms with van der Waals surface area (Å²) in [5.74, 6) is -1.31. The lowest BCUT2D eigenvalue weighted by Crippen LogP contribution is -2.35. The third-order valence-electron chi connectivity index (χ3n) is 3.45. The number of esters is 1. The van der Waals surface area contributed by atoms with E-state index >= 15 is 0 Å². The molecule has 0 aliphatic carbocycles. The van der Waals surface area contributed by atoms with E-state index < -0.39 is 28.0 Å². The number of rotatable bonds is 6. The number of ether oxygens (including phenoxy) is 1. The number of halogens is 1. The maximum absolute atomic E-state index is 12.3. The van der Waals surface area contributed by atoms with Gasteiger partial charge in [-0.2, -0.15) is 0 Å². The molecule has 3 N–H and O–H groups in total. The number of nitrogens with two attached hydrogens (primary N) is 1. The summed E-state index contributed by atoms with van der Waals surface area (Å²) in [7, 11) is -3.97. The lowest BCUT2D eigenvalue weighted by molar-refractivity contribution is -0.129. The Morgan fingerprint density at radius 1 is 1.19 bits per heavy atom. The minimum Gasteiger partial charge on any atom is -0.449 e. The molecular formula is C17H17BrN2O5S. The van der Waals surface area contributed by atoms with Crippen LogP contribution in [0.15, 0.2) is 57.9 Å². The van der Waals surface area contributed by atoms with Crippen LogP contribution in [0.2, 0.25) is 0 Å². The van der Waals surface area contributed by atoms with E-state index in [0.29, 0.717) is 11.0 Å². The molecule has 0 spiro atoms. The molecule has 138 valence electrons. The van der Waals surface area contributed by atoms with Crippen LogP contribution < -0.4 is 10.5 Å².